The molecule has 0 spiro atoms. The van der Waals surface area contributed by atoms with Crippen molar-refractivity contribution in [3.8, 4) is 0 Å². The second-order valence-corrected chi connectivity index (χ2v) is 4.71. The van der Waals surface area contributed by atoms with Gasteiger partial charge >= 0.3 is 0 Å². The fourth-order valence-electron chi connectivity index (χ4n) is 2.80. The largest absolute Gasteiger partial charge is 0.393 e. The average Bonchev–Trinajstić information content (AvgIpc) is 2.04. The molecule has 1 nitrogen and oxygen atoms in total. The van der Waals surface area contributed by atoms with Gasteiger partial charge in [-0.3, -0.25) is 0 Å². The minimum atomic E-state index is 0.0186. The fraction of sp³-hybridized carbons (Fsp3) is 1.00. The third-order valence-corrected chi connectivity index (χ3v) is 4.25. The summed E-state index contributed by atoms with van der Waals surface area (Å²) in [5.41, 5.74) is 0. The number of halogens is 1. The molecule has 0 aliphatic heterocycles. The van der Waals surface area contributed by atoms with Crippen LogP contribution in [0.1, 0.15) is 25.7 Å². The maximum atomic E-state index is 9.68. The molecule has 3 saturated carbocycles. The monoisotopic (exact) mass is 218 g/mol. The van der Waals surface area contributed by atoms with Crippen molar-refractivity contribution in [1.29, 1.82) is 0 Å². The molecule has 0 aromatic carbocycles. The number of aliphatic hydroxyl groups excluding tert-OH is 1. The van der Waals surface area contributed by atoms with Gasteiger partial charge in [-0.25, -0.2) is 0 Å². The van der Waals surface area contributed by atoms with Gasteiger partial charge in [-0.1, -0.05) is 15.9 Å². The van der Waals surface area contributed by atoms with Gasteiger partial charge in [0.25, 0.3) is 0 Å². The van der Waals surface area contributed by atoms with Crippen molar-refractivity contribution in [3.05, 3.63) is 0 Å². The molecule has 3 aliphatic carbocycles. The summed E-state index contributed by atoms with van der Waals surface area (Å²) in [7, 11) is 0. The summed E-state index contributed by atoms with van der Waals surface area (Å²) in [6.07, 6.45) is 5.08. The highest BCUT2D eigenvalue weighted by atomic mass is 79.9. The van der Waals surface area contributed by atoms with E-state index < -0.39 is 0 Å². The molecule has 4 atom stereocenters. The Morgan fingerprint density at radius 1 is 1.27 bits per heavy atom. The summed E-state index contributed by atoms with van der Waals surface area (Å²) >= 11 is 3.53. The summed E-state index contributed by atoms with van der Waals surface area (Å²) in [6.45, 7) is 0. The van der Waals surface area contributed by atoms with Crippen LogP contribution in [0.25, 0.3) is 0 Å². The molecule has 0 saturated heterocycles. The van der Waals surface area contributed by atoms with Crippen LogP contribution in [0.5, 0.6) is 0 Å². The molecule has 0 aromatic rings. The zero-order valence-corrected chi connectivity index (χ0v) is 8.26. The molecule has 2 bridgehead atoms. The van der Waals surface area contributed by atoms with Gasteiger partial charge in [0, 0.05) is 5.33 Å². The van der Waals surface area contributed by atoms with Crippen molar-refractivity contribution < 1.29 is 5.11 Å². The van der Waals surface area contributed by atoms with Crippen molar-refractivity contribution in [2.75, 3.05) is 5.33 Å². The maximum absolute atomic E-state index is 9.68. The summed E-state index contributed by atoms with van der Waals surface area (Å²) in [5.74, 6) is 2.20. The fourth-order valence-corrected chi connectivity index (χ4v) is 3.54. The van der Waals surface area contributed by atoms with Crippen molar-refractivity contribution in [2.45, 2.75) is 31.8 Å². The van der Waals surface area contributed by atoms with Crippen molar-refractivity contribution in [1.82, 2.24) is 0 Å². The van der Waals surface area contributed by atoms with E-state index in [2.05, 4.69) is 15.9 Å². The van der Waals surface area contributed by atoms with Gasteiger partial charge in [0.2, 0.25) is 0 Å². The molecule has 2 heteroatoms. The summed E-state index contributed by atoms with van der Waals surface area (Å²) in [6, 6.07) is 0. The molecule has 0 aromatic heterocycles. The molecule has 0 heterocycles. The molecular weight excluding hydrogens is 204 g/mol. The Balaban J connectivity index is 2.07. The minimum Gasteiger partial charge on any atom is -0.393 e. The van der Waals surface area contributed by atoms with Gasteiger partial charge in [0.1, 0.15) is 0 Å². The minimum absolute atomic E-state index is 0.0186. The van der Waals surface area contributed by atoms with Crippen LogP contribution in [-0.2, 0) is 0 Å². The molecule has 3 rings (SSSR count). The van der Waals surface area contributed by atoms with Crippen molar-refractivity contribution in [3.63, 3.8) is 0 Å². The maximum Gasteiger partial charge on any atom is 0.0574 e. The Morgan fingerprint density at radius 3 is 2.55 bits per heavy atom. The highest BCUT2D eigenvalue weighted by molar-refractivity contribution is 9.09. The first-order valence-corrected chi connectivity index (χ1v) is 5.67. The van der Waals surface area contributed by atoms with Crippen LogP contribution in [0.15, 0.2) is 0 Å². The quantitative estimate of drug-likeness (QED) is 0.670. The van der Waals surface area contributed by atoms with E-state index in [1.165, 1.54) is 19.3 Å². The number of alkyl halides is 1. The lowest BCUT2D eigenvalue weighted by Crippen LogP contribution is -2.42. The first-order valence-electron chi connectivity index (χ1n) is 4.55. The van der Waals surface area contributed by atoms with Crippen LogP contribution in [0.2, 0.25) is 0 Å². The van der Waals surface area contributed by atoms with Crippen LogP contribution in [0.4, 0.5) is 0 Å². The second-order valence-electron chi connectivity index (χ2n) is 4.06. The lowest BCUT2D eigenvalue weighted by molar-refractivity contribution is -0.0288. The number of rotatable bonds is 1. The molecular formula is C9H15BrO. The molecule has 3 fully saturated rings. The summed E-state index contributed by atoms with van der Waals surface area (Å²) in [4.78, 5) is 0. The molecule has 64 valence electrons. The van der Waals surface area contributed by atoms with E-state index in [1.54, 1.807) is 0 Å². The predicted molar refractivity (Wildman–Crippen MR) is 48.7 cm³/mol. The van der Waals surface area contributed by atoms with Crippen LogP contribution >= 0.6 is 15.9 Å². The molecule has 3 aliphatic rings. The number of fused-ring (bicyclic) bond motifs is 3. The summed E-state index contributed by atoms with van der Waals surface area (Å²) in [5, 5.41) is 10.8. The van der Waals surface area contributed by atoms with Gasteiger partial charge in [-0.15, -0.1) is 0 Å². The van der Waals surface area contributed by atoms with Gasteiger partial charge in [-0.2, -0.15) is 0 Å². The van der Waals surface area contributed by atoms with Gasteiger partial charge < -0.3 is 5.11 Å². The highest BCUT2D eigenvalue weighted by Gasteiger charge is 2.40. The van der Waals surface area contributed by atoms with Crippen molar-refractivity contribution in [2.24, 2.45) is 17.8 Å². The van der Waals surface area contributed by atoms with Crippen LogP contribution in [0.3, 0.4) is 0 Å². The zero-order valence-electron chi connectivity index (χ0n) is 6.67. The first kappa shape index (κ1) is 8.06. The van der Waals surface area contributed by atoms with E-state index in [4.69, 9.17) is 0 Å². The normalized spacial score (nSPS) is 49.6. The lowest BCUT2D eigenvalue weighted by atomic mass is 9.64. The third kappa shape index (κ3) is 1.35. The van der Waals surface area contributed by atoms with E-state index >= 15 is 0 Å². The molecule has 0 radical (unpaired) electrons. The average molecular weight is 219 g/mol. The molecule has 1 N–H and O–H groups in total. The Bertz CT molecular complexity index is 148. The number of hydrogen-bond donors (Lipinski definition) is 1. The van der Waals surface area contributed by atoms with Gasteiger partial charge in [0.05, 0.1) is 6.10 Å². The number of hydrogen-bond acceptors (Lipinski definition) is 1. The van der Waals surface area contributed by atoms with E-state index in [0.717, 1.165) is 23.6 Å². The van der Waals surface area contributed by atoms with Gasteiger partial charge in [-0.05, 0) is 43.4 Å². The predicted octanol–water partition coefficient (Wildman–Crippen LogP) is 2.18. The van der Waals surface area contributed by atoms with E-state index in [1.807, 2.05) is 0 Å². The Morgan fingerprint density at radius 2 is 2.09 bits per heavy atom. The summed E-state index contributed by atoms with van der Waals surface area (Å²) < 4.78 is 0. The van der Waals surface area contributed by atoms with Crippen molar-refractivity contribution >= 4 is 15.9 Å². The molecule has 1 unspecified atom stereocenters. The van der Waals surface area contributed by atoms with E-state index in [0.29, 0.717) is 5.92 Å². The van der Waals surface area contributed by atoms with Crippen LogP contribution in [-0.4, -0.2) is 16.5 Å². The molecule has 0 amide bonds. The third-order valence-electron chi connectivity index (χ3n) is 3.42. The van der Waals surface area contributed by atoms with Crippen LogP contribution in [0, 0.1) is 17.8 Å². The highest BCUT2D eigenvalue weighted by Crippen LogP contribution is 2.45. The Labute approximate surface area is 76.3 Å². The van der Waals surface area contributed by atoms with Crippen LogP contribution < -0.4 is 0 Å². The topological polar surface area (TPSA) is 20.2 Å². The van der Waals surface area contributed by atoms with E-state index in [9.17, 15) is 5.11 Å². The Hall–Kier alpha value is 0.440. The zero-order chi connectivity index (χ0) is 7.84. The first-order chi connectivity index (χ1) is 5.31. The van der Waals surface area contributed by atoms with Gasteiger partial charge in [0.15, 0.2) is 0 Å². The lowest BCUT2D eigenvalue weighted by Gasteiger charge is -2.45. The Kier molecular flexibility index (Phi) is 2.24. The smallest absolute Gasteiger partial charge is 0.0574 e. The second kappa shape index (κ2) is 3.06. The van der Waals surface area contributed by atoms with E-state index in [-0.39, 0.29) is 6.10 Å². The number of aliphatic hydroxyl groups is 1. The SMILES string of the molecule is O[C@@H]1C[C@H]2CC[C@@H]1C(CBr)C2. The standard InChI is InChI=1S/C9H15BrO/c10-5-7-3-6-1-2-8(7)9(11)4-6/h6-9,11H,1-5H2/t6-,7?,8+,9+/m0/s1. The molecule has 11 heavy (non-hydrogen) atoms.